The molecule has 0 bridgehead atoms. The lowest BCUT2D eigenvalue weighted by Gasteiger charge is -1.99. The fourth-order valence-electron chi connectivity index (χ4n) is 1.49. The second-order valence-electron chi connectivity index (χ2n) is 3.15. The van der Waals surface area contributed by atoms with E-state index < -0.39 is 0 Å². The summed E-state index contributed by atoms with van der Waals surface area (Å²) < 4.78 is 0. The van der Waals surface area contributed by atoms with Crippen LogP contribution in [0.2, 0.25) is 5.02 Å². The van der Waals surface area contributed by atoms with Crippen molar-refractivity contribution in [2.24, 2.45) is 0 Å². The minimum absolute atomic E-state index is 0.822. The second-order valence-corrected chi connectivity index (χ2v) is 3.52. The maximum atomic E-state index is 6.19. The standard InChI is InChI=1S/C10H11ClN2/c1-3-7-5-13-10-8(7)9(11)6(2)4-12-10/h4-5H,3H2,1-2H3,(H,12,13). The summed E-state index contributed by atoms with van der Waals surface area (Å²) in [5.41, 5.74) is 3.15. The number of hydrogen-bond donors (Lipinski definition) is 1. The maximum Gasteiger partial charge on any atom is 0.139 e. The van der Waals surface area contributed by atoms with Crippen LogP contribution in [-0.4, -0.2) is 9.97 Å². The van der Waals surface area contributed by atoms with Gasteiger partial charge in [-0.3, -0.25) is 0 Å². The highest BCUT2D eigenvalue weighted by atomic mass is 35.5. The van der Waals surface area contributed by atoms with E-state index in [2.05, 4.69) is 16.9 Å². The monoisotopic (exact) mass is 194 g/mol. The van der Waals surface area contributed by atoms with Crippen LogP contribution in [0.5, 0.6) is 0 Å². The molecule has 68 valence electrons. The number of aryl methyl sites for hydroxylation is 2. The van der Waals surface area contributed by atoms with Crippen molar-refractivity contribution < 1.29 is 0 Å². The van der Waals surface area contributed by atoms with Gasteiger partial charge in [0, 0.05) is 17.8 Å². The zero-order chi connectivity index (χ0) is 9.42. The molecule has 0 aliphatic rings. The van der Waals surface area contributed by atoms with E-state index in [-0.39, 0.29) is 0 Å². The Morgan fingerprint density at radius 1 is 1.54 bits per heavy atom. The normalized spacial score (nSPS) is 11.0. The van der Waals surface area contributed by atoms with Gasteiger partial charge in [0.2, 0.25) is 0 Å². The van der Waals surface area contributed by atoms with Gasteiger partial charge in [-0.05, 0) is 24.5 Å². The molecular weight excluding hydrogens is 184 g/mol. The molecule has 3 heteroatoms. The Labute approximate surface area is 81.9 Å². The van der Waals surface area contributed by atoms with Crippen LogP contribution in [0.1, 0.15) is 18.1 Å². The summed E-state index contributed by atoms with van der Waals surface area (Å²) >= 11 is 6.19. The van der Waals surface area contributed by atoms with E-state index in [1.807, 2.05) is 13.1 Å². The van der Waals surface area contributed by atoms with E-state index in [1.54, 1.807) is 6.20 Å². The first-order valence-corrected chi connectivity index (χ1v) is 4.73. The van der Waals surface area contributed by atoms with Crippen molar-refractivity contribution in [3.05, 3.63) is 28.5 Å². The SMILES string of the molecule is CCc1c[nH]c2ncc(C)c(Cl)c12. The smallest absolute Gasteiger partial charge is 0.139 e. The fraction of sp³-hybridized carbons (Fsp3) is 0.300. The number of nitrogens with one attached hydrogen (secondary N) is 1. The predicted octanol–water partition coefficient (Wildman–Crippen LogP) is 3.09. The molecule has 2 aromatic rings. The van der Waals surface area contributed by atoms with Gasteiger partial charge in [-0.1, -0.05) is 18.5 Å². The van der Waals surface area contributed by atoms with Gasteiger partial charge in [0.05, 0.1) is 5.02 Å². The number of hydrogen-bond acceptors (Lipinski definition) is 1. The van der Waals surface area contributed by atoms with Gasteiger partial charge in [-0.25, -0.2) is 4.98 Å². The molecule has 2 rings (SSSR count). The molecule has 0 unspecified atom stereocenters. The van der Waals surface area contributed by atoms with Gasteiger partial charge in [0.15, 0.2) is 0 Å². The average molecular weight is 195 g/mol. The summed E-state index contributed by atoms with van der Waals surface area (Å²) in [7, 11) is 0. The van der Waals surface area contributed by atoms with Crippen molar-refractivity contribution >= 4 is 22.6 Å². The quantitative estimate of drug-likeness (QED) is 0.743. The third-order valence-electron chi connectivity index (χ3n) is 2.27. The molecule has 2 aromatic heterocycles. The molecule has 0 amide bonds. The Hall–Kier alpha value is -1.02. The van der Waals surface area contributed by atoms with E-state index in [1.165, 1.54) is 5.56 Å². The Morgan fingerprint density at radius 2 is 2.31 bits per heavy atom. The van der Waals surface area contributed by atoms with Crippen molar-refractivity contribution in [3.63, 3.8) is 0 Å². The number of H-pyrrole nitrogens is 1. The van der Waals surface area contributed by atoms with Crippen LogP contribution in [-0.2, 0) is 6.42 Å². The first-order chi connectivity index (χ1) is 6.24. The van der Waals surface area contributed by atoms with Crippen molar-refractivity contribution in [2.45, 2.75) is 20.3 Å². The van der Waals surface area contributed by atoms with Gasteiger partial charge in [-0.2, -0.15) is 0 Å². The molecule has 0 aromatic carbocycles. The Morgan fingerprint density at radius 3 is 3.00 bits per heavy atom. The molecule has 0 atom stereocenters. The minimum Gasteiger partial charge on any atom is -0.346 e. The molecule has 1 N–H and O–H groups in total. The van der Waals surface area contributed by atoms with Crippen LogP contribution < -0.4 is 0 Å². The summed E-state index contributed by atoms with van der Waals surface area (Å²) in [6.07, 6.45) is 4.74. The highest BCUT2D eigenvalue weighted by molar-refractivity contribution is 6.36. The number of fused-ring (bicyclic) bond motifs is 1. The Balaban J connectivity index is 2.85. The molecule has 0 fully saturated rings. The Bertz CT molecular complexity index is 445. The molecular formula is C10H11ClN2. The first kappa shape index (κ1) is 8.57. The van der Waals surface area contributed by atoms with E-state index in [0.717, 1.165) is 28.0 Å². The second kappa shape index (κ2) is 3.04. The molecule has 13 heavy (non-hydrogen) atoms. The first-order valence-electron chi connectivity index (χ1n) is 4.35. The third-order valence-corrected chi connectivity index (χ3v) is 2.76. The molecule has 0 aliphatic heterocycles. The minimum atomic E-state index is 0.822. The van der Waals surface area contributed by atoms with Gasteiger partial charge < -0.3 is 4.98 Å². The molecule has 0 saturated heterocycles. The van der Waals surface area contributed by atoms with Gasteiger partial charge in [0.25, 0.3) is 0 Å². The van der Waals surface area contributed by atoms with Crippen LogP contribution >= 0.6 is 11.6 Å². The lowest BCUT2D eigenvalue weighted by atomic mass is 10.1. The number of halogens is 1. The van der Waals surface area contributed by atoms with E-state index in [4.69, 9.17) is 11.6 Å². The molecule has 2 heterocycles. The predicted molar refractivity (Wildman–Crippen MR) is 55.2 cm³/mol. The van der Waals surface area contributed by atoms with Crippen molar-refractivity contribution in [3.8, 4) is 0 Å². The zero-order valence-electron chi connectivity index (χ0n) is 7.69. The number of nitrogens with zero attached hydrogens (tertiary/aromatic N) is 1. The molecule has 0 spiro atoms. The van der Waals surface area contributed by atoms with Crippen LogP contribution in [0.3, 0.4) is 0 Å². The average Bonchev–Trinajstić information content (AvgIpc) is 2.55. The maximum absolute atomic E-state index is 6.19. The van der Waals surface area contributed by atoms with Crippen molar-refractivity contribution in [1.29, 1.82) is 0 Å². The van der Waals surface area contributed by atoms with E-state index in [9.17, 15) is 0 Å². The van der Waals surface area contributed by atoms with Gasteiger partial charge in [-0.15, -0.1) is 0 Å². The summed E-state index contributed by atoms with van der Waals surface area (Å²) in [4.78, 5) is 7.38. The zero-order valence-corrected chi connectivity index (χ0v) is 8.44. The summed E-state index contributed by atoms with van der Waals surface area (Å²) in [5.74, 6) is 0. The highest BCUT2D eigenvalue weighted by Crippen LogP contribution is 2.27. The molecule has 0 radical (unpaired) electrons. The van der Waals surface area contributed by atoms with E-state index in [0.29, 0.717) is 0 Å². The number of rotatable bonds is 1. The lowest BCUT2D eigenvalue weighted by Crippen LogP contribution is -1.83. The number of aromatic amines is 1. The largest absolute Gasteiger partial charge is 0.346 e. The van der Waals surface area contributed by atoms with Crippen molar-refractivity contribution in [1.82, 2.24) is 9.97 Å². The molecule has 0 saturated carbocycles. The molecule has 0 aliphatic carbocycles. The summed E-state index contributed by atoms with van der Waals surface area (Å²) in [6, 6.07) is 0. The third kappa shape index (κ3) is 1.22. The summed E-state index contributed by atoms with van der Waals surface area (Å²) in [6.45, 7) is 4.09. The fourth-order valence-corrected chi connectivity index (χ4v) is 1.75. The summed E-state index contributed by atoms with van der Waals surface area (Å²) in [5, 5.41) is 1.90. The lowest BCUT2D eigenvalue weighted by molar-refractivity contribution is 1.15. The van der Waals surface area contributed by atoms with Crippen LogP contribution in [0.4, 0.5) is 0 Å². The van der Waals surface area contributed by atoms with Gasteiger partial charge in [0.1, 0.15) is 5.65 Å². The van der Waals surface area contributed by atoms with Gasteiger partial charge >= 0.3 is 0 Å². The van der Waals surface area contributed by atoms with Crippen molar-refractivity contribution in [2.75, 3.05) is 0 Å². The molecule has 2 nitrogen and oxygen atoms in total. The van der Waals surface area contributed by atoms with E-state index >= 15 is 0 Å². The highest BCUT2D eigenvalue weighted by Gasteiger charge is 2.08. The topological polar surface area (TPSA) is 28.7 Å². The Kier molecular flexibility index (Phi) is 2.00. The number of pyridine rings is 1. The number of aromatic nitrogens is 2. The van der Waals surface area contributed by atoms with Crippen LogP contribution in [0.25, 0.3) is 11.0 Å². The van der Waals surface area contributed by atoms with Crippen LogP contribution in [0, 0.1) is 6.92 Å². The van der Waals surface area contributed by atoms with Crippen LogP contribution in [0.15, 0.2) is 12.4 Å².